The van der Waals surface area contributed by atoms with E-state index in [2.05, 4.69) is 16.0 Å². The van der Waals surface area contributed by atoms with E-state index in [-0.39, 0.29) is 25.6 Å². The first-order chi connectivity index (χ1) is 14.7. The molecule has 0 aliphatic carbocycles. The van der Waals surface area contributed by atoms with Crippen LogP contribution in [-0.4, -0.2) is 42.6 Å². The number of alkyl carbamates (subject to hydrolysis) is 1. The maximum atomic E-state index is 13.3. The molecule has 31 heavy (non-hydrogen) atoms. The van der Waals surface area contributed by atoms with Crippen LogP contribution in [0.4, 0.5) is 16.2 Å². The van der Waals surface area contributed by atoms with Gasteiger partial charge in [-0.15, -0.1) is 0 Å². The van der Waals surface area contributed by atoms with E-state index in [1.165, 1.54) is 4.90 Å². The zero-order chi connectivity index (χ0) is 22.4. The van der Waals surface area contributed by atoms with E-state index in [1.807, 2.05) is 63.2 Å². The van der Waals surface area contributed by atoms with Crippen molar-refractivity contribution in [2.45, 2.75) is 39.0 Å². The van der Waals surface area contributed by atoms with Crippen molar-refractivity contribution in [1.82, 2.24) is 10.6 Å². The SMILES string of the molecule is CC(C)(C)NC(=O)CN1C(=O)C(NC(=O)OCc2ccccc2)CNc2ccccc21. The van der Waals surface area contributed by atoms with Gasteiger partial charge in [-0.3, -0.25) is 14.5 Å². The molecule has 3 rings (SSSR count). The van der Waals surface area contributed by atoms with Crippen LogP contribution in [0.25, 0.3) is 0 Å². The lowest BCUT2D eigenvalue weighted by atomic mass is 10.1. The first-order valence-electron chi connectivity index (χ1n) is 10.2. The highest BCUT2D eigenvalue weighted by Crippen LogP contribution is 2.28. The van der Waals surface area contributed by atoms with E-state index in [1.54, 1.807) is 12.1 Å². The molecule has 1 unspecified atom stereocenters. The number of hydrogen-bond acceptors (Lipinski definition) is 5. The van der Waals surface area contributed by atoms with Crippen molar-refractivity contribution < 1.29 is 19.1 Å². The van der Waals surface area contributed by atoms with Crippen LogP contribution in [0.3, 0.4) is 0 Å². The fourth-order valence-electron chi connectivity index (χ4n) is 3.25. The average Bonchev–Trinajstić information content (AvgIpc) is 2.84. The Morgan fingerprint density at radius 2 is 1.77 bits per heavy atom. The lowest BCUT2D eigenvalue weighted by Gasteiger charge is -2.27. The van der Waals surface area contributed by atoms with Crippen LogP contribution in [0.5, 0.6) is 0 Å². The zero-order valence-electron chi connectivity index (χ0n) is 18.0. The van der Waals surface area contributed by atoms with E-state index in [4.69, 9.17) is 4.74 Å². The van der Waals surface area contributed by atoms with Gasteiger partial charge in [-0.25, -0.2) is 4.79 Å². The molecule has 0 saturated heterocycles. The number of hydrogen-bond donors (Lipinski definition) is 3. The standard InChI is InChI=1S/C23H28N4O4/c1-23(2,3)26-20(28)14-27-19-12-8-7-11-17(19)24-13-18(21(27)29)25-22(30)31-15-16-9-5-4-6-10-16/h4-12,18,24H,13-15H2,1-3H3,(H,25,30)(H,26,28). The number of para-hydroxylation sites is 2. The number of benzene rings is 2. The summed E-state index contributed by atoms with van der Waals surface area (Å²) in [5.41, 5.74) is 1.71. The second-order valence-corrected chi connectivity index (χ2v) is 8.38. The number of anilines is 2. The molecule has 0 aromatic heterocycles. The van der Waals surface area contributed by atoms with Crippen molar-refractivity contribution in [3.05, 3.63) is 60.2 Å². The third-order valence-electron chi connectivity index (χ3n) is 4.58. The number of rotatable bonds is 5. The molecular weight excluding hydrogens is 396 g/mol. The second kappa shape index (κ2) is 9.51. The second-order valence-electron chi connectivity index (χ2n) is 8.38. The van der Waals surface area contributed by atoms with Gasteiger partial charge in [0.05, 0.1) is 11.4 Å². The molecule has 0 radical (unpaired) electrons. The highest BCUT2D eigenvalue weighted by atomic mass is 16.5. The van der Waals surface area contributed by atoms with E-state index in [9.17, 15) is 14.4 Å². The smallest absolute Gasteiger partial charge is 0.408 e. The number of carbonyl (C=O) groups is 3. The van der Waals surface area contributed by atoms with E-state index >= 15 is 0 Å². The molecule has 2 aromatic rings. The van der Waals surface area contributed by atoms with Gasteiger partial charge in [-0.05, 0) is 38.5 Å². The van der Waals surface area contributed by atoms with Crippen molar-refractivity contribution in [1.29, 1.82) is 0 Å². The molecule has 0 spiro atoms. The first kappa shape index (κ1) is 22.1. The third kappa shape index (κ3) is 6.21. The molecule has 1 atom stereocenters. The molecule has 164 valence electrons. The normalized spacial score (nSPS) is 15.9. The number of ether oxygens (including phenoxy) is 1. The molecule has 1 heterocycles. The Balaban J connectivity index is 1.72. The van der Waals surface area contributed by atoms with Crippen LogP contribution in [0.1, 0.15) is 26.3 Å². The van der Waals surface area contributed by atoms with Crippen LogP contribution in [0, 0.1) is 0 Å². The summed E-state index contributed by atoms with van der Waals surface area (Å²) < 4.78 is 5.25. The van der Waals surface area contributed by atoms with Crippen LogP contribution >= 0.6 is 0 Å². The highest BCUT2D eigenvalue weighted by molar-refractivity contribution is 6.06. The maximum Gasteiger partial charge on any atom is 0.408 e. The molecule has 3 amide bonds. The summed E-state index contributed by atoms with van der Waals surface area (Å²) in [4.78, 5) is 39.5. The topological polar surface area (TPSA) is 99.8 Å². The molecule has 3 N–H and O–H groups in total. The number of nitrogens with zero attached hydrogens (tertiary/aromatic N) is 1. The van der Waals surface area contributed by atoms with Crippen LogP contribution in [-0.2, 0) is 20.9 Å². The van der Waals surface area contributed by atoms with Gasteiger partial charge in [0.2, 0.25) is 5.91 Å². The summed E-state index contributed by atoms with van der Waals surface area (Å²) in [5, 5.41) is 8.66. The van der Waals surface area contributed by atoms with Crippen molar-refractivity contribution in [3.63, 3.8) is 0 Å². The molecule has 2 aromatic carbocycles. The Labute approximate surface area is 182 Å². The summed E-state index contributed by atoms with van der Waals surface area (Å²) in [5.74, 6) is -0.680. The first-order valence-corrected chi connectivity index (χ1v) is 10.2. The summed E-state index contributed by atoms with van der Waals surface area (Å²) in [6, 6.07) is 15.6. The molecular formula is C23H28N4O4. The Morgan fingerprint density at radius 3 is 2.48 bits per heavy atom. The van der Waals surface area contributed by atoms with Gasteiger partial charge in [0.1, 0.15) is 19.2 Å². The Hall–Kier alpha value is -3.55. The molecule has 8 nitrogen and oxygen atoms in total. The number of nitrogens with one attached hydrogen (secondary N) is 3. The summed E-state index contributed by atoms with van der Waals surface area (Å²) >= 11 is 0. The molecule has 1 aliphatic rings. The average molecular weight is 425 g/mol. The van der Waals surface area contributed by atoms with E-state index in [0.717, 1.165) is 5.56 Å². The van der Waals surface area contributed by atoms with Gasteiger partial charge in [-0.2, -0.15) is 0 Å². The number of carbonyl (C=O) groups excluding carboxylic acids is 3. The Kier molecular flexibility index (Phi) is 6.79. The molecule has 1 aliphatic heterocycles. The minimum atomic E-state index is -0.891. The number of amides is 3. The van der Waals surface area contributed by atoms with E-state index < -0.39 is 23.6 Å². The van der Waals surface area contributed by atoms with Gasteiger partial charge < -0.3 is 20.7 Å². The predicted octanol–water partition coefficient (Wildman–Crippen LogP) is 2.65. The van der Waals surface area contributed by atoms with Crippen LogP contribution in [0.2, 0.25) is 0 Å². The summed E-state index contributed by atoms with van der Waals surface area (Å²) in [6.45, 7) is 5.73. The quantitative estimate of drug-likeness (QED) is 0.685. The van der Waals surface area contributed by atoms with Crippen molar-refractivity contribution >= 4 is 29.3 Å². The fraction of sp³-hybridized carbons (Fsp3) is 0.348. The van der Waals surface area contributed by atoms with Crippen molar-refractivity contribution in [3.8, 4) is 0 Å². The molecule has 8 heteroatoms. The molecule has 0 saturated carbocycles. The Bertz CT molecular complexity index is 940. The van der Waals surface area contributed by atoms with Gasteiger partial charge in [-0.1, -0.05) is 42.5 Å². The fourth-order valence-corrected chi connectivity index (χ4v) is 3.25. The summed E-state index contributed by atoms with van der Waals surface area (Å²) in [7, 11) is 0. The molecule has 0 fully saturated rings. The maximum absolute atomic E-state index is 13.3. The minimum Gasteiger partial charge on any atom is -0.445 e. The van der Waals surface area contributed by atoms with Gasteiger partial charge in [0.25, 0.3) is 5.91 Å². The summed E-state index contributed by atoms with van der Waals surface area (Å²) in [6.07, 6.45) is -0.700. The van der Waals surface area contributed by atoms with Gasteiger partial charge >= 0.3 is 6.09 Å². The monoisotopic (exact) mass is 424 g/mol. The van der Waals surface area contributed by atoms with E-state index in [0.29, 0.717) is 11.4 Å². The number of fused-ring (bicyclic) bond motifs is 1. The third-order valence-corrected chi connectivity index (χ3v) is 4.58. The largest absolute Gasteiger partial charge is 0.445 e. The van der Waals surface area contributed by atoms with Gasteiger partial charge in [0, 0.05) is 12.1 Å². The van der Waals surface area contributed by atoms with Gasteiger partial charge in [0.15, 0.2) is 0 Å². The van der Waals surface area contributed by atoms with Crippen molar-refractivity contribution in [2.24, 2.45) is 0 Å². The minimum absolute atomic E-state index is 0.0962. The lowest BCUT2D eigenvalue weighted by molar-refractivity contribution is -0.125. The lowest BCUT2D eigenvalue weighted by Crippen LogP contribution is -2.54. The Morgan fingerprint density at radius 1 is 1.10 bits per heavy atom. The van der Waals surface area contributed by atoms with Crippen molar-refractivity contribution in [2.75, 3.05) is 23.3 Å². The predicted molar refractivity (Wildman–Crippen MR) is 119 cm³/mol. The zero-order valence-corrected chi connectivity index (χ0v) is 18.0. The highest BCUT2D eigenvalue weighted by Gasteiger charge is 2.33. The molecule has 0 bridgehead atoms. The van der Waals surface area contributed by atoms with Crippen LogP contribution < -0.4 is 20.9 Å². The van der Waals surface area contributed by atoms with Crippen LogP contribution in [0.15, 0.2) is 54.6 Å².